The van der Waals surface area contributed by atoms with Crippen LogP contribution < -0.4 is 16.0 Å². The Bertz CT molecular complexity index is 539. The van der Waals surface area contributed by atoms with E-state index >= 15 is 0 Å². The molecule has 0 aromatic carbocycles. The van der Waals surface area contributed by atoms with Gasteiger partial charge >= 0.3 is 0 Å². The predicted molar refractivity (Wildman–Crippen MR) is 110 cm³/mol. The molecule has 3 N–H and O–H groups in total. The number of nitrogens with zero attached hydrogens (tertiary/aromatic N) is 1. The van der Waals surface area contributed by atoms with Crippen molar-refractivity contribution in [3.63, 3.8) is 0 Å². The fourth-order valence-electron chi connectivity index (χ4n) is 2.58. The van der Waals surface area contributed by atoms with Crippen molar-refractivity contribution in [2.75, 3.05) is 6.54 Å². The summed E-state index contributed by atoms with van der Waals surface area (Å²) in [7, 11) is 0. The number of nitriles is 1. The summed E-state index contributed by atoms with van der Waals surface area (Å²) in [6, 6.07) is 0.803. The highest BCUT2D eigenvalue weighted by Gasteiger charge is 2.27. The molecule has 0 aliphatic carbocycles. The highest BCUT2D eigenvalue weighted by molar-refractivity contribution is 5.88. The maximum absolute atomic E-state index is 12.2. The number of hydrogen-bond donors (Lipinski definition) is 3. The molecule has 28 heavy (non-hydrogen) atoms. The Morgan fingerprint density at radius 3 is 2.21 bits per heavy atom. The van der Waals surface area contributed by atoms with Gasteiger partial charge in [0.1, 0.15) is 12.1 Å². The third-order valence-electron chi connectivity index (χ3n) is 4.12. The molecule has 0 bridgehead atoms. The van der Waals surface area contributed by atoms with E-state index in [4.69, 9.17) is 5.26 Å². The van der Waals surface area contributed by atoms with Crippen molar-refractivity contribution in [2.45, 2.75) is 92.2 Å². The van der Waals surface area contributed by atoms with Gasteiger partial charge < -0.3 is 16.0 Å². The van der Waals surface area contributed by atoms with E-state index in [1.54, 1.807) is 6.92 Å². The summed E-state index contributed by atoms with van der Waals surface area (Å²) in [6.07, 6.45) is 4.71. The molecule has 160 valence electrons. The van der Waals surface area contributed by atoms with Crippen LogP contribution in [0.4, 0.5) is 0 Å². The number of hydrogen-bond acceptors (Lipinski definition) is 4. The first-order valence-corrected chi connectivity index (χ1v) is 10.2. The van der Waals surface area contributed by atoms with Crippen molar-refractivity contribution < 1.29 is 14.4 Å². The smallest absolute Gasteiger partial charge is 0.243 e. The minimum atomic E-state index is -0.597. The molecule has 1 heterocycles. The van der Waals surface area contributed by atoms with Gasteiger partial charge in [-0.3, -0.25) is 14.4 Å². The summed E-state index contributed by atoms with van der Waals surface area (Å²) in [5, 5.41) is 16.9. The molecular weight excluding hydrogens is 356 g/mol. The largest absolute Gasteiger partial charge is 0.356 e. The van der Waals surface area contributed by atoms with Crippen molar-refractivity contribution in [2.24, 2.45) is 11.3 Å². The summed E-state index contributed by atoms with van der Waals surface area (Å²) in [5.74, 6) is 0.255. The van der Waals surface area contributed by atoms with Crippen LogP contribution in [0.25, 0.3) is 0 Å². The molecule has 0 saturated carbocycles. The van der Waals surface area contributed by atoms with Crippen molar-refractivity contribution in [1.29, 1.82) is 5.26 Å². The standard InChI is InChI=1S/C16H29N3O2.C5H9NO/c1-11(2)7-8-14(20)19-13(9-16(4,5)6)15(21)18-12(3)10-17;7-5-3-1-2-4-6-5/h11-13H,7-9H2,1-6H3,(H,18,21)(H,19,20);1-4H2,(H,6,7). The van der Waals surface area contributed by atoms with Crippen LogP contribution in [0.3, 0.4) is 0 Å². The Morgan fingerprint density at radius 2 is 1.82 bits per heavy atom. The molecule has 1 aliphatic rings. The fraction of sp³-hybridized carbons (Fsp3) is 0.810. The Kier molecular flexibility index (Phi) is 12.2. The Hall–Kier alpha value is -2.10. The minimum absolute atomic E-state index is 0.0940. The lowest BCUT2D eigenvalue weighted by Crippen LogP contribution is -2.50. The van der Waals surface area contributed by atoms with E-state index in [0.29, 0.717) is 18.8 Å². The van der Waals surface area contributed by atoms with Crippen LogP contribution in [-0.2, 0) is 14.4 Å². The summed E-state index contributed by atoms with van der Waals surface area (Å²) >= 11 is 0. The van der Waals surface area contributed by atoms with Gasteiger partial charge in [-0.25, -0.2) is 0 Å². The van der Waals surface area contributed by atoms with Crippen LogP contribution >= 0.6 is 0 Å². The second-order valence-electron chi connectivity index (χ2n) is 8.98. The van der Waals surface area contributed by atoms with Gasteiger partial charge in [-0.2, -0.15) is 5.26 Å². The minimum Gasteiger partial charge on any atom is -0.356 e. The molecule has 1 fully saturated rings. The molecule has 1 aliphatic heterocycles. The van der Waals surface area contributed by atoms with Gasteiger partial charge in [0.05, 0.1) is 6.07 Å². The van der Waals surface area contributed by atoms with E-state index in [0.717, 1.165) is 32.2 Å². The quantitative estimate of drug-likeness (QED) is 0.616. The number of carbonyl (C=O) groups excluding carboxylic acids is 3. The van der Waals surface area contributed by atoms with Crippen molar-refractivity contribution in [1.82, 2.24) is 16.0 Å². The average molecular weight is 395 g/mol. The maximum Gasteiger partial charge on any atom is 0.243 e. The first kappa shape index (κ1) is 25.9. The lowest BCUT2D eigenvalue weighted by Gasteiger charge is -2.26. The third kappa shape index (κ3) is 14.0. The zero-order valence-electron chi connectivity index (χ0n) is 18.4. The highest BCUT2D eigenvalue weighted by atomic mass is 16.2. The molecule has 7 nitrogen and oxygen atoms in total. The van der Waals surface area contributed by atoms with E-state index in [1.165, 1.54) is 0 Å². The number of carbonyl (C=O) groups is 3. The molecule has 7 heteroatoms. The van der Waals surface area contributed by atoms with Crippen LogP contribution in [0.1, 0.15) is 80.1 Å². The van der Waals surface area contributed by atoms with Gasteiger partial charge in [0.25, 0.3) is 0 Å². The number of nitrogens with one attached hydrogen (secondary N) is 3. The fourth-order valence-corrected chi connectivity index (χ4v) is 2.58. The number of amides is 3. The Morgan fingerprint density at radius 1 is 1.18 bits per heavy atom. The summed E-state index contributed by atoms with van der Waals surface area (Å²) in [6.45, 7) is 12.7. The van der Waals surface area contributed by atoms with Crippen molar-refractivity contribution in [3.05, 3.63) is 0 Å². The van der Waals surface area contributed by atoms with E-state index in [2.05, 4.69) is 29.8 Å². The van der Waals surface area contributed by atoms with E-state index in [-0.39, 0.29) is 23.1 Å². The maximum atomic E-state index is 12.2. The van der Waals surface area contributed by atoms with Crippen LogP contribution in [0.15, 0.2) is 0 Å². The van der Waals surface area contributed by atoms with Gasteiger partial charge in [-0.1, -0.05) is 34.6 Å². The second-order valence-corrected chi connectivity index (χ2v) is 8.98. The zero-order chi connectivity index (χ0) is 21.7. The molecule has 1 saturated heterocycles. The molecule has 1 rings (SSSR count). The Labute approximate surface area is 170 Å². The van der Waals surface area contributed by atoms with Crippen molar-refractivity contribution in [3.8, 4) is 6.07 Å². The zero-order valence-corrected chi connectivity index (χ0v) is 18.4. The summed E-state index contributed by atoms with van der Waals surface area (Å²) in [5.41, 5.74) is -0.0940. The van der Waals surface area contributed by atoms with Crippen LogP contribution in [0.2, 0.25) is 0 Å². The van der Waals surface area contributed by atoms with E-state index in [9.17, 15) is 14.4 Å². The summed E-state index contributed by atoms with van der Waals surface area (Å²) < 4.78 is 0. The molecule has 0 radical (unpaired) electrons. The molecule has 2 atom stereocenters. The van der Waals surface area contributed by atoms with Crippen molar-refractivity contribution >= 4 is 17.7 Å². The van der Waals surface area contributed by atoms with E-state index in [1.807, 2.05) is 26.8 Å². The molecule has 0 aromatic heterocycles. The SMILES string of the molecule is CC(C)CCC(=O)NC(CC(C)(C)C)C(=O)NC(C)C#N.O=C1CCCCN1. The summed E-state index contributed by atoms with van der Waals surface area (Å²) in [4.78, 5) is 34.5. The van der Waals surface area contributed by atoms with Gasteiger partial charge in [0.15, 0.2) is 0 Å². The third-order valence-corrected chi connectivity index (χ3v) is 4.12. The van der Waals surface area contributed by atoms with Crippen LogP contribution in [-0.4, -0.2) is 36.3 Å². The van der Waals surface area contributed by atoms with E-state index < -0.39 is 12.1 Å². The molecule has 3 amide bonds. The Balaban J connectivity index is 0.000000861. The second kappa shape index (κ2) is 13.1. The monoisotopic (exact) mass is 394 g/mol. The number of piperidine rings is 1. The highest BCUT2D eigenvalue weighted by Crippen LogP contribution is 2.21. The topological polar surface area (TPSA) is 111 Å². The van der Waals surface area contributed by atoms with Gasteiger partial charge in [0.2, 0.25) is 17.7 Å². The molecular formula is C21H38N4O3. The average Bonchev–Trinajstić information content (AvgIpc) is 2.59. The van der Waals surface area contributed by atoms with Crippen LogP contribution in [0.5, 0.6) is 0 Å². The first-order valence-electron chi connectivity index (χ1n) is 10.2. The van der Waals surface area contributed by atoms with Crippen LogP contribution in [0, 0.1) is 22.7 Å². The predicted octanol–water partition coefficient (Wildman–Crippen LogP) is 2.66. The number of rotatable bonds is 7. The van der Waals surface area contributed by atoms with Gasteiger partial charge in [-0.05, 0) is 43.9 Å². The molecule has 0 spiro atoms. The molecule has 0 aromatic rings. The normalized spacial score (nSPS) is 16.0. The van der Waals surface area contributed by atoms with Gasteiger partial charge in [-0.15, -0.1) is 0 Å². The first-order chi connectivity index (χ1) is 12.9. The lowest BCUT2D eigenvalue weighted by molar-refractivity contribution is -0.130. The van der Waals surface area contributed by atoms with Gasteiger partial charge in [0, 0.05) is 19.4 Å². The lowest BCUT2D eigenvalue weighted by atomic mass is 9.87. The molecule has 2 unspecified atom stereocenters.